The van der Waals surface area contributed by atoms with Gasteiger partial charge in [0.1, 0.15) is 0 Å². The summed E-state index contributed by atoms with van der Waals surface area (Å²) in [5, 5.41) is 10.1. The van der Waals surface area contributed by atoms with Crippen molar-refractivity contribution >= 4 is 29.3 Å². The van der Waals surface area contributed by atoms with Crippen LogP contribution in [-0.2, 0) is 4.79 Å². The highest BCUT2D eigenvalue weighted by molar-refractivity contribution is 7.99. The monoisotopic (exact) mass is 412 g/mol. The predicted octanol–water partition coefficient (Wildman–Crippen LogP) is 4.61. The van der Waals surface area contributed by atoms with Gasteiger partial charge < -0.3 is 4.90 Å². The average Bonchev–Trinajstić information content (AvgIpc) is 3.37. The lowest BCUT2D eigenvalue weighted by Gasteiger charge is -2.15. The van der Waals surface area contributed by atoms with Crippen molar-refractivity contribution in [3.8, 4) is 17.1 Å². The van der Waals surface area contributed by atoms with Gasteiger partial charge >= 0.3 is 0 Å². The van der Waals surface area contributed by atoms with Gasteiger partial charge in [0.2, 0.25) is 5.91 Å². The van der Waals surface area contributed by atoms with Crippen molar-refractivity contribution in [3.63, 3.8) is 0 Å². The molecule has 0 spiro atoms. The number of rotatable bonds is 5. The molecule has 1 saturated heterocycles. The number of amides is 1. The smallest absolute Gasteiger partial charge is 0.233 e. The van der Waals surface area contributed by atoms with Crippen LogP contribution in [0.25, 0.3) is 17.1 Å². The van der Waals surface area contributed by atoms with Gasteiger partial charge in [0.05, 0.1) is 10.8 Å². The van der Waals surface area contributed by atoms with Crippen LogP contribution in [0.4, 0.5) is 0 Å². The molecule has 0 atom stereocenters. The second-order valence-corrected chi connectivity index (χ2v) is 8.18. The highest BCUT2D eigenvalue weighted by atomic mass is 35.5. The van der Waals surface area contributed by atoms with Gasteiger partial charge in [-0.1, -0.05) is 53.2 Å². The third-order valence-corrected chi connectivity index (χ3v) is 6.07. The maximum absolute atomic E-state index is 12.5. The molecule has 1 amide bonds. The number of carbonyl (C=O) groups excluding carboxylic acids is 1. The van der Waals surface area contributed by atoms with Gasteiger partial charge in [-0.3, -0.25) is 9.36 Å². The Labute approximate surface area is 173 Å². The molecule has 0 bridgehead atoms. The van der Waals surface area contributed by atoms with Gasteiger partial charge in [-0.15, -0.1) is 10.2 Å². The third kappa shape index (κ3) is 3.93. The maximum Gasteiger partial charge on any atom is 0.233 e. The number of halogens is 1. The van der Waals surface area contributed by atoms with Crippen LogP contribution in [0, 0.1) is 6.92 Å². The first-order valence-corrected chi connectivity index (χ1v) is 10.7. The van der Waals surface area contributed by atoms with Gasteiger partial charge in [-0.25, -0.2) is 0 Å². The summed E-state index contributed by atoms with van der Waals surface area (Å²) in [6, 6.07) is 15.8. The van der Waals surface area contributed by atoms with E-state index in [0.717, 1.165) is 37.2 Å². The van der Waals surface area contributed by atoms with Crippen molar-refractivity contribution in [3.05, 3.63) is 59.1 Å². The quantitative estimate of drug-likeness (QED) is 0.574. The fourth-order valence-electron chi connectivity index (χ4n) is 3.29. The fourth-order valence-corrected chi connectivity index (χ4v) is 4.37. The summed E-state index contributed by atoms with van der Waals surface area (Å²) in [6.45, 7) is 3.76. The Bertz CT molecular complexity index is 980. The first kappa shape index (κ1) is 19.0. The molecule has 7 heteroatoms. The molecule has 0 radical (unpaired) electrons. The third-order valence-electron chi connectivity index (χ3n) is 4.82. The molecular formula is C21H21ClN4OS. The molecule has 2 aromatic carbocycles. The van der Waals surface area contributed by atoms with E-state index in [2.05, 4.69) is 29.3 Å². The van der Waals surface area contributed by atoms with Crippen LogP contribution < -0.4 is 0 Å². The summed E-state index contributed by atoms with van der Waals surface area (Å²) >= 11 is 7.84. The number of aryl methyl sites for hydroxylation is 1. The van der Waals surface area contributed by atoms with E-state index in [1.54, 1.807) is 0 Å². The SMILES string of the molecule is Cc1ccc(-n2c(SCC(=O)N3CCCC3)nnc2-c2ccccc2Cl)cc1. The molecule has 0 unspecified atom stereocenters. The van der Waals surface area contributed by atoms with Crippen LogP contribution in [0.5, 0.6) is 0 Å². The summed E-state index contributed by atoms with van der Waals surface area (Å²) in [5.41, 5.74) is 2.94. The normalized spacial score (nSPS) is 13.9. The van der Waals surface area contributed by atoms with Crippen molar-refractivity contribution in [2.75, 3.05) is 18.8 Å². The molecule has 3 aromatic rings. The molecule has 0 N–H and O–H groups in total. The Hall–Kier alpha value is -2.31. The molecule has 144 valence electrons. The molecule has 0 aliphatic carbocycles. The standard InChI is InChI=1S/C21H21ClN4OS/c1-15-8-10-16(11-9-15)26-20(17-6-2-3-7-18(17)22)23-24-21(26)28-14-19(27)25-12-4-5-13-25/h2-3,6-11H,4-5,12-14H2,1H3. The zero-order chi connectivity index (χ0) is 19.5. The van der Waals surface area contributed by atoms with E-state index >= 15 is 0 Å². The Morgan fingerprint density at radius 1 is 1.07 bits per heavy atom. The first-order chi connectivity index (χ1) is 13.6. The Balaban J connectivity index is 1.69. The van der Waals surface area contributed by atoms with E-state index in [9.17, 15) is 4.79 Å². The van der Waals surface area contributed by atoms with Crippen LogP contribution in [-0.4, -0.2) is 44.4 Å². The topological polar surface area (TPSA) is 51.0 Å². The second-order valence-electron chi connectivity index (χ2n) is 6.83. The molecule has 1 fully saturated rings. The van der Waals surface area contributed by atoms with E-state index in [-0.39, 0.29) is 5.91 Å². The van der Waals surface area contributed by atoms with Crippen LogP contribution in [0.15, 0.2) is 53.7 Å². The zero-order valence-corrected chi connectivity index (χ0v) is 17.2. The molecule has 2 heterocycles. The number of nitrogens with zero attached hydrogens (tertiary/aromatic N) is 4. The maximum atomic E-state index is 12.5. The Morgan fingerprint density at radius 2 is 1.79 bits per heavy atom. The zero-order valence-electron chi connectivity index (χ0n) is 15.6. The number of hydrogen-bond donors (Lipinski definition) is 0. The van der Waals surface area contributed by atoms with Gasteiger partial charge in [-0.05, 0) is 44.0 Å². The van der Waals surface area contributed by atoms with Crippen LogP contribution in [0.1, 0.15) is 18.4 Å². The summed E-state index contributed by atoms with van der Waals surface area (Å²) in [4.78, 5) is 14.4. The van der Waals surface area contributed by atoms with Crippen LogP contribution >= 0.6 is 23.4 Å². The van der Waals surface area contributed by atoms with Crippen molar-refractivity contribution in [2.45, 2.75) is 24.9 Å². The number of likely N-dealkylation sites (tertiary alicyclic amines) is 1. The molecule has 5 nitrogen and oxygen atoms in total. The van der Waals surface area contributed by atoms with Gasteiger partial charge in [0.15, 0.2) is 11.0 Å². The Kier molecular flexibility index (Phi) is 5.69. The molecule has 28 heavy (non-hydrogen) atoms. The first-order valence-electron chi connectivity index (χ1n) is 9.31. The lowest BCUT2D eigenvalue weighted by molar-refractivity contribution is -0.127. The minimum absolute atomic E-state index is 0.153. The number of carbonyl (C=O) groups is 1. The van der Waals surface area contributed by atoms with E-state index < -0.39 is 0 Å². The molecule has 1 aliphatic rings. The average molecular weight is 413 g/mol. The van der Waals surface area contributed by atoms with Gasteiger partial charge in [-0.2, -0.15) is 0 Å². The van der Waals surface area contributed by atoms with Crippen LogP contribution in [0.3, 0.4) is 0 Å². The van der Waals surface area contributed by atoms with Crippen molar-refractivity contribution in [1.29, 1.82) is 0 Å². The number of thioether (sulfide) groups is 1. The minimum atomic E-state index is 0.153. The second kappa shape index (κ2) is 8.37. The molecular weight excluding hydrogens is 392 g/mol. The largest absolute Gasteiger partial charge is 0.342 e. The fraction of sp³-hybridized carbons (Fsp3) is 0.286. The molecule has 1 aliphatic heterocycles. The van der Waals surface area contributed by atoms with E-state index in [4.69, 9.17) is 11.6 Å². The summed E-state index contributed by atoms with van der Waals surface area (Å²) in [7, 11) is 0. The number of hydrogen-bond acceptors (Lipinski definition) is 4. The van der Waals surface area contributed by atoms with Crippen molar-refractivity contribution < 1.29 is 4.79 Å². The number of benzene rings is 2. The summed E-state index contributed by atoms with van der Waals surface area (Å²) < 4.78 is 1.97. The highest BCUT2D eigenvalue weighted by Crippen LogP contribution is 2.32. The molecule has 4 rings (SSSR count). The van der Waals surface area contributed by atoms with E-state index in [1.807, 2.05) is 45.9 Å². The molecule has 1 aromatic heterocycles. The van der Waals surface area contributed by atoms with Crippen molar-refractivity contribution in [1.82, 2.24) is 19.7 Å². The van der Waals surface area contributed by atoms with E-state index in [0.29, 0.717) is 21.8 Å². The summed E-state index contributed by atoms with van der Waals surface area (Å²) in [6.07, 6.45) is 2.18. The number of aromatic nitrogens is 3. The minimum Gasteiger partial charge on any atom is -0.342 e. The predicted molar refractivity (Wildman–Crippen MR) is 113 cm³/mol. The van der Waals surface area contributed by atoms with E-state index in [1.165, 1.54) is 17.3 Å². The van der Waals surface area contributed by atoms with Crippen molar-refractivity contribution in [2.24, 2.45) is 0 Å². The molecule has 0 saturated carbocycles. The summed E-state index contributed by atoms with van der Waals surface area (Å²) in [5.74, 6) is 1.18. The highest BCUT2D eigenvalue weighted by Gasteiger charge is 2.22. The lowest BCUT2D eigenvalue weighted by atomic mass is 10.2. The van der Waals surface area contributed by atoms with Gasteiger partial charge in [0.25, 0.3) is 0 Å². The van der Waals surface area contributed by atoms with Gasteiger partial charge in [0, 0.05) is 24.3 Å². The lowest BCUT2D eigenvalue weighted by Crippen LogP contribution is -2.29. The van der Waals surface area contributed by atoms with Crippen LogP contribution in [0.2, 0.25) is 5.02 Å². The Morgan fingerprint density at radius 3 is 2.50 bits per heavy atom.